The summed E-state index contributed by atoms with van der Waals surface area (Å²) in [4.78, 5) is 6.68. The largest absolute Gasteiger partial charge is 0.372 e. The number of nitrogens with one attached hydrogen (secondary N) is 1. The van der Waals surface area contributed by atoms with Crippen LogP contribution in [0.2, 0.25) is 0 Å². The van der Waals surface area contributed by atoms with E-state index in [-0.39, 0.29) is 0 Å². The molecule has 0 spiro atoms. The number of hydrogen-bond acceptors (Lipinski definition) is 4. The molecule has 2 aromatic rings. The molecule has 1 aliphatic rings. The number of aromatic nitrogens is 3. The first-order valence-electron chi connectivity index (χ1n) is 7.70. The molecule has 0 atom stereocenters. The van der Waals surface area contributed by atoms with E-state index >= 15 is 0 Å². The first-order chi connectivity index (χ1) is 10.3. The first kappa shape index (κ1) is 14.1. The van der Waals surface area contributed by atoms with Gasteiger partial charge in [0.05, 0.1) is 0 Å². The van der Waals surface area contributed by atoms with Crippen molar-refractivity contribution in [3.05, 3.63) is 42.0 Å². The number of nitrogens with zero attached hydrogens (tertiary/aromatic N) is 4. The highest BCUT2D eigenvalue weighted by Gasteiger charge is 2.11. The molecule has 112 valence electrons. The fraction of sp³-hybridized carbons (Fsp3) is 0.500. The minimum atomic E-state index is 0.868. The number of hydrogen-bond donors (Lipinski definition) is 1. The van der Waals surface area contributed by atoms with E-state index in [1.54, 1.807) is 11.0 Å². The summed E-state index contributed by atoms with van der Waals surface area (Å²) >= 11 is 0. The van der Waals surface area contributed by atoms with Crippen molar-refractivity contribution in [3.8, 4) is 0 Å². The Morgan fingerprint density at radius 2 is 1.90 bits per heavy atom. The lowest BCUT2D eigenvalue weighted by molar-refractivity contribution is 0.661. The van der Waals surface area contributed by atoms with Gasteiger partial charge in [0.25, 0.3) is 0 Å². The average molecular weight is 285 g/mol. The Labute approximate surface area is 126 Å². The summed E-state index contributed by atoms with van der Waals surface area (Å²) in [6, 6.07) is 8.92. The van der Waals surface area contributed by atoms with Gasteiger partial charge in [-0.3, -0.25) is 4.68 Å². The fourth-order valence-electron chi connectivity index (χ4n) is 2.73. The molecule has 5 nitrogen and oxygen atoms in total. The smallest absolute Gasteiger partial charge is 0.151 e. The zero-order valence-corrected chi connectivity index (χ0v) is 12.6. The summed E-state index contributed by atoms with van der Waals surface area (Å²) in [6.07, 6.45) is 5.26. The number of rotatable bonds is 6. The van der Waals surface area contributed by atoms with Crippen LogP contribution in [0, 0.1) is 0 Å². The molecule has 0 aliphatic carbocycles. The molecule has 5 heteroatoms. The Morgan fingerprint density at radius 3 is 2.57 bits per heavy atom. The third kappa shape index (κ3) is 3.82. The van der Waals surface area contributed by atoms with Gasteiger partial charge in [0.1, 0.15) is 6.33 Å². The standard InChI is InChI=1S/C16H23N5/c1-20-13-18-16(19-20)8-9-17-12-14-4-6-15(7-5-14)21-10-2-3-11-21/h4-7,13,17H,2-3,8-12H2,1H3. The Bertz CT molecular complexity index is 554. The van der Waals surface area contributed by atoms with E-state index in [9.17, 15) is 0 Å². The maximum atomic E-state index is 4.27. The second kappa shape index (κ2) is 6.72. The molecule has 21 heavy (non-hydrogen) atoms. The summed E-state index contributed by atoms with van der Waals surface area (Å²) in [5.41, 5.74) is 2.68. The normalized spacial score (nSPS) is 14.8. The summed E-state index contributed by atoms with van der Waals surface area (Å²) in [7, 11) is 1.89. The Morgan fingerprint density at radius 1 is 1.14 bits per heavy atom. The summed E-state index contributed by atoms with van der Waals surface area (Å²) < 4.78 is 1.74. The van der Waals surface area contributed by atoms with Gasteiger partial charge in [-0.15, -0.1) is 0 Å². The second-order valence-electron chi connectivity index (χ2n) is 5.62. The van der Waals surface area contributed by atoms with E-state index in [4.69, 9.17) is 0 Å². The Hall–Kier alpha value is -1.88. The van der Waals surface area contributed by atoms with Crippen LogP contribution in [0.4, 0.5) is 5.69 Å². The molecular formula is C16H23N5. The van der Waals surface area contributed by atoms with E-state index in [1.165, 1.54) is 37.2 Å². The molecule has 1 N–H and O–H groups in total. The lowest BCUT2D eigenvalue weighted by atomic mass is 10.2. The molecule has 3 rings (SSSR count). The summed E-state index contributed by atoms with van der Waals surface area (Å²) in [6.45, 7) is 4.20. The van der Waals surface area contributed by atoms with Gasteiger partial charge in [-0.05, 0) is 30.5 Å². The van der Waals surface area contributed by atoms with Crippen LogP contribution in [-0.4, -0.2) is 34.4 Å². The van der Waals surface area contributed by atoms with Gasteiger partial charge in [0, 0.05) is 45.3 Å². The zero-order chi connectivity index (χ0) is 14.5. The van der Waals surface area contributed by atoms with Crippen molar-refractivity contribution in [1.82, 2.24) is 20.1 Å². The summed E-state index contributed by atoms with van der Waals surface area (Å²) in [5.74, 6) is 0.898. The first-order valence-corrected chi connectivity index (χ1v) is 7.70. The van der Waals surface area contributed by atoms with Gasteiger partial charge in [0.2, 0.25) is 0 Å². The minimum absolute atomic E-state index is 0.868. The van der Waals surface area contributed by atoms with E-state index < -0.39 is 0 Å². The van der Waals surface area contributed by atoms with Crippen molar-refractivity contribution >= 4 is 5.69 Å². The quantitative estimate of drug-likeness (QED) is 0.821. The predicted octanol–water partition coefficient (Wildman–Crippen LogP) is 1.75. The monoisotopic (exact) mass is 285 g/mol. The molecule has 0 saturated carbocycles. The number of anilines is 1. The van der Waals surface area contributed by atoms with Gasteiger partial charge in [-0.25, -0.2) is 4.98 Å². The maximum Gasteiger partial charge on any atom is 0.151 e. The molecule has 1 aromatic carbocycles. The van der Waals surface area contributed by atoms with Crippen LogP contribution in [0.5, 0.6) is 0 Å². The van der Waals surface area contributed by atoms with E-state index in [0.717, 1.165) is 25.3 Å². The van der Waals surface area contributed by atoms with Crippen LogP contribution in [0.3, 0.4) is 0 Å². The molecule has 1 fully saturated rings. The number of aryl methyl sites for hydroxylation is 1. The van der Waals surface area contributed by atoms with Crippen molar-refractivity contribution in [2.45, 2.75) is 25.8 Å². The van der Waals surface area contributed by atoms with E-state index in [1.807, 2.05) is 7.05 Å². The highest BCUT2D eigenvalue weighted by molar-refractivity contribution is 5.48. The maximum absolute atomic E-state index is 4.27. The molecule has 0 radical (unpaired) electrons. The highest BCUT2D eigenvalue weighted by Crippen LogP contribution is 2.20. The number of benzene rings is 1. The van der Waals surface area contributed by atoms with Crippen molar-refractivity contribution < 1.29 is 0 Å². The van der Waals surface area contributed by atoms with Crippen LogP contribution in [0.1, 0.15) is 24.2 Å². The van der Waals surface area contributed by atoms with Crippen LogP contribution in [0.15, 0.2) is 30.6 Å². The lowest BCUT2D eigenvalue weighted by Gasteiger charge is -2.17. The predicted molar refractivity (Wildman–Crippen MR) is 84.3 cm³/mol. The van der Waals surface area contributed by atoms with Crippen molar-refractivity contribution in [3.63, 3.8) is 0 Å². The van der Waals surface area contributed by atoms with Crippen LogP contribution in [0.25, 0.3) is 0 Å². The van der Waals surface area contributed by atoms with Crippen molar-refractivity contribution in [2.75, 3.05) is 24.5 Å². The summed E-state index contributed by atoms with van der Waals surface area (Å²) in [5, 5.41) is 7.72. The van der Waals surface area contributed by atoms with Crippen LogP contribution >= 0.6 is 0 Å². The highest BCUT2D eigenvalue weighted by atomic mass is 15.3. The third-order valence-electron chi connectivity index (χ3n) is 3.91. The fourth-order valence-corrected chi connectivity index (χ4v) is 2.73. The molecule has 0 amide bonds. The molecule has 0 bridgehead atoms. The van der Waals surface area contributed by atoms with Gasteiger partial charge < -0.3 is 10.2 Å². The molecule has 2 heterocycles. The topological polar surface area (TPSA) is 46.0 Å². The van der Waals surface area contributed by atoms with Gasteiger partial charge >= 0.3 is 0 Å². The Kier molecular flexibility index (Phi) is 4.50. The van der Waals surface area contributed by atoms with Crippen LogP contribution < -0.4 is 10.2 Å². The van der Waals surface area contributed by atoms with Gasteiger partial charge in [-0.2, -0.15) is 5.10 Å². The second-order valence-corrected chi connectivity index (χ2v) is 5.62. The van der Waals surface area contributed by atoms with E-state index in [0.29, 0.717) is 0 Å². The molecule has 1 aliphatic heterocycles. The molecule has 1 saturated heterocycles. The van der Waals surface area contributed by atoms with Crippen molar-refractivity contribution in [2.24, 2.45) is 7.05 Å². The van der Waals surface area contributed by atoms with Crippen LogP contribution in [-0.2, 0) is 20.0 Å². The van der Waals surface area contributed by atoms with Gasteiger partial charge in [0.15, 0.2) is 5.82 Å². The SMILES string of the molecule is Cn1cnc(CCNCc2ccc(N3CCCC3)cc2)n1. The van der Waals surface area contributed by atoms with E-state index in [2.05, 4.69) is 44.6 Å². The zero-order valence-electron chi connectivity index (χ0n) is 12.6. The van der Waals surface area contributed by atoms with Gasteiger partial charge in [-0.1, -0.05) is 12.1 Å². The Balaban J connectivity index is 1.42. The lowest BCUT2D eigenvalue weighted by Crippen LogP contribution is -2.18. The molecular weight excluding hydrogens is 262 g/mol. The third-order valence-corrected chi connectivity index (χ3v) is 3.91. The average Bonchev–Trinajstić information content (AvgIpc) is 3.16. The molecule has 0 unspecified atom stereocenters. The van der Waals surface area contributed by atoms with Crippen molar-refractivity contribution in [1.29, 1.82) is 0 Å². The minimum Gasteiger partial charge on any atom is -0.372 e. The molecule has 1 aromatic heterocycles.